The SMILES string of the molecule is CC(C)(C(=O)N1CCN(Cc2cnc[nH]2)c2ccc(-c3ccccc3)cc2C1)c1ccccc1.Cl.Cl. The first-order chi connectivity index (χ1) is 16.5. The summed E-state index contributed by atoms with van der Waals surface area (Å²) in [5, 5.41) is 0. The molecule has 0 aliphatic carbocycles. The number of nitrogens with one attached hydrogen (secondary N) is 1. The fourth-order valence-electron chi connectivity index (χ4n) is 4.77. The Hall–Kier alpha value is -3.28. The highest BCUT2D eigenvalue weighted by molar-refractivity contribution is 5.88. The average Bonchev–Trinajstić information content (AvgIpc) is 3.32. The van der Waals surface area contributed by atoms with Crippen LogP contribution in [0.15, 0.2) is 91.4 Å². The summed E-state index contributed by atoms with van der Waals surface area (Å²) in [4.78, 5) is 25.6. The molecule has 1 amide bonds. The van der Waals surface area contributed by atoms with Gasteiger partial charge in [0.25, 0.3) is 0 Å². The molecule has 0 unspecified atom stereocenters. The van der Waals surface area contributed by atoms with Gasteiger partial charge in [0, 0.05) is 31.5 Å². The highest BCUT2D eigenvalue weighted by atomic mass is 35.5. The number of carbonyl (C=O) groups is 1. The van der Waals surface area contributed by atoms with Gasteiger partial charge in [0.2, 0.25) is 5.91 Å². The maximum Gasteiger partial charge on any atom is 0.233 e. The van der Waals surface area contributed by atoms with Crippen LogP contribution in [0.5, 0.6) is 0 Å². The molecule has 4 aromatic rings. The number of aromatic amines is 1. The van der Waals surface area contributed by atoms with Crippen LogP contribution in [0.2, 0.25) is 0 Å². The summed E-state index contributed by atoms with van der Waals surface area (Å²) in [7, 11) is 0. The summed E-state index contributed by atoms with van der Waals surface area (Å²) in [5.74, 6) is 0.151. The van der Waals surface area contributed by atoms with Gasteiger partial charge in [-0.2, -0.15) is 0 Å². The minimum absolute atomic E-state index is 0. The summed E-state index contributed by atoms with van der Waals surface area (Å²) in [6.07, 6.45) is 3.58. The Morgan fingerprint density at radius 1 is 0.917 bits per heavy atom. The first kappa shape index (κ1) is 27.3. The van der Waals surface area contributed by atoms with Crippen LogP contribution in [0, 0.1) is 0 Å². The molecule has 1 aliphatic heterocycles. The summed E-state index contributed by atoms with van der Waals surface area (Å²) in [6.45, 7) is 6.79. The molecule has 3 aromatic carbocycles. The van der Waals surface area contributed by atoms with Crippen LogP contribution in [-0.2, 0) is 23.3 Å². The van der Waals surface area contributed by atoms with Crippen molar-refractivity contribution in [3.05, 3.63) is 108 Å². The van der Waals surface area contributed by atoms with Crippen molar-refractivity contribution in [1.82, 2.24) is 14.9 Å². The van der Waals surface area contributed by atoms with E-state index in [9.17, 15) is 4.79 Å². The molecular formula is C29H32Cl2N4O. The van der Waals surface area contributed by atoms with Crippen LogP contribution in [0.4, 0.5) is 5.69 Å². The number of fused-ring (bicyclic) bond motifs is 1. The normalized spacial score (nSPS) is 13.2. The second-order valence-corrected chi connectivity index (χ2v) is 9.43. The molecule has 188 valence electrons. The Morgan fingerprint density at radius 2 is 1.61 bits per heavy atom. The zero-order valence-corrected chi connectivity index (χ0v) is 22.2. The average molecular weight is 524 g/mol. The van der Waals surface area contributed by atoms with Gasteiger partial charge < -0.3 is 14.8 Å². The van der Waals surface area contributed by atoms with E-state index in [1.54, 1.807) is 6.33 Å². The van der Waals surface area contributed by atoms with Gasteiger partial charge in [0.15, 0.2) is 0 Å². The van der Waals surface area contributed by atoms with Crippen LogP contribution in [0.25, 0.3) is 11.1 Å². The molecule has 7 heteroatoms. The number of hydrogen-bond acceptors (Lipinski definition) is 3. The summed E-state index contributed by atoms with van der Waals surface area (Å²) >= 11 is 0. The summed E-state index contributed by atoms with van der Waals surface area (Å²) in [5.41, 5.74) is 6.17. The maximum absolute atomic E-state index is 13.9. The van der Waals surface area contributed by atoms with Gasteiger partial charge in [-0.05, 0) is 48.2 Å². The molecule has 0 saturated heterocycles. The van der Waals surface area contributed by atoms with Crippen molar-refractivity contribution in [2.24, 2.45) is 0 Å². The van der Waals surface area contributed by atoms with Crippen LogP contribution >= 0.6 is 24.8 Å². The Balaban J connectivity index is 0.00000180. The third-order valence-corrected chi connectivity index (χ3v) is 6.76. The molecule has 0 saturated carbocycles. The number of aromatic nitrogens is 2. The monoisotopic (exact) mass is 522 g/mol. The van der Waals surface area contributed by atoms with Gasteiger partial charge >= 0.3 is 0 Å². The van der Waals surface area contributed by atoms with E-state index in [0.717, 1.165) is 35.5 Å². The van der Waals surface area contributed by atoms with Crippen molar-refractivity contribution >= 4 is 36.4 Å². The molecule has 1 aromatic heterocycles. The lowest BCUT2D eigenvalue weighted by atomic mass is 9.83. The highest BCUT2D eigenvalue weighted by Crippen LogP contribution is 2.33. The Kier molecular flexibility index (Phi) is 8.83. The predicted octanol–water partition coefficient (Wildman–Crippen LogP) is 6.25. The molecule has 5 rings (SSSR count). The molecule has 0 spiro atoms. The molecule has 1 N–H and O–H groups in total. The second kappa shape index (κ2) is 11.6. The third kappa shape index (κ3) is 5.58. The first-order valence-corrected chi connectivity index (χ1v) is 11.8. The Morgan fingerprint density at radius 3 is 2.28 bits per heavy atom. The molecule has 0 atom stereocenters. The van der Waals surface area contributed by atoms with E-state index in [4.69, 9.17) is 0 Å². The Bertz CT molecular complexity index is 1260. The molecule has 1 aliphatic rings. The maximum atomic E-state index is 13.9. The van der Waals surface area contributed by atoms with Gasteiger partial charge in [0.05, 0.1) is 24.0 Å². The summed E-state index contributed by atoms with van der Waals surface area (Å²) < 4.78 is 0. The lowest BCUT2D eigenvalue weighted by Crippen LogP contribution is -2.44. The number of carbonyl (C=O) groups excluding carboxylic acids is 1. The van der Waals surface area contributed by atoms with Gasteiger partial charge in [-0.1, -0.05) is 66.7 Å². The fourth-order valence-corrected chi connectivity index (χ4v) is 4.77. The Labute approximate surface area is 225 Å². The van der Waals surface area contributed by atoms with Gasteiger partial charge in [0.1, 0.15) is 0 Å². The third-order valence-electron chi connectivity index (χ3n) is 6.76. The van der Waals surface area contributed by atoms with Crippen molar-refractivity contribution in [3.8, 4) is 11.1 Å². The van der Waals surface area contributed by atoms with Crippen molar-refractivity contribution < 1.29 is 4.79 Å². The number of rotatable bonds is 5. The quantitative estimate of drug-likeness (QED) is 0.337. The molecule has 0 bridgehead atoms. The predicted molar refractivity (Wildman–Crippen MR) is 151 cm³/mol. The molecule has 0 radical (unpaired) electrons. The number of benzene rings is 3. The van der Waals surface area contributed by atoms with Crippen LogP contribution in [-0.4, -0.2) is 33.9 Å². The van der Waals surface area contributed by atoms with Gasteiger partial charge in [-0.25, -0.2) is 4.98 Å². The fraction of sp³-hybridized carbons (Fsp3) is 0.241. The molecular weight excluding hydrogens is 491 g/mol. The smallest absolute Gasteiger partial charge is 0.233 e. The zero-order valence-electron chi connectivity index (χ0n) is 20.6. The highest BCUT2D eigenvalue weighted by Gasteiger charge is 2.35. The number of H-pyrrole nitrogens is 1. The number of amides is 1. The summed E-state index contributed by atoms with van der Waals surface area (Å²) in [6, 6.07) is 27.1. The van der Waals surface area contributed by atoms with E-state index in [2.05, 4.69) is 57.3 Å². The van der Waals surface area contributed by atoms with E-state index >= 15 is 0 Å². The van der Waals surface area contributed by atoms with E-state index in [1.165, 1.54) is 11.3 Å². The minimum Gasteiger partial charge on any atom is -0.364 e. The minimum atomic E-state index is -0.600. The number of halogens is 2. The number of nitrogens with zero attached hydrogens (tertiary/aromatic N) is 3. The second-order valence-electron chi connectivity index (χ2n) is 9.43. The van der Waals surface area contributed by atoms with Crippen molar-refractivity contribution in [3.63, 3.8) is 0 Å². The van der Waals surface area contributed by atoms with Gasteiger partial charge in [-0.3, -0.25) is 4.79 Å². The molecule has 36 heavy (non-hydrogen) atoms. The van der Waals surface area contributed by atoms with Gasteiger partial charge in [-0.15, -0.1) is 24.8 Å². The van der Waals surface area contributed by atoms with E-state index < -0.39 is 5.41 Å². The first-order valence-electron chi connectivity index (χ1n) is 11.8. The number of anilines is 1. The van der Waals surface area contributed by atoms with Crippen LogP contribution in [0.3, 0.4) is 0 Å². The number of hydrogen-bond donors (Lipinski definition) is 1. The zero-order chi connectivity index (χ0) is 23.5. The lowest BCUT2D eigenvalue weighted by Gasteiger charge is -2.32. The van der Waals surface area contributed by atoms with Crippen molar-refractivity contribution in [1.29, 1.82) is 0 Å². The lowest BCUT2D eigenvalue weighted by molar-refractivity contribution is -0.136. The van der Waals surface area contributed by atoms with E-state index in [1.807, 2.05) is 61.3 Å². The molecule has 2 heterocycles. The van der Waals surface area contributed by atoms with Crippen molar-refractivity contribution in [2.75, 3.05) is 18.0 Å². The van der Waals surface area contributed by atoms with Crippen molar-refractivity contribution in [2.45, 2.75) is 32.4 Å². The van der Waals surface area contributed by atoms with Crippen LogP contribution < -0.4 is 4.90 Å². The standard InChI is InChI=1S/C29H30N4O.2ClH/c1-29(2,25-11-7-4-8-12-25)28(34)33-16-15-32(20-26-18-30-21-31-26)27-14-13-23(17-24(27)19-33)22-9-5-3-6-10-22;;/h3-14,17-18,21H,15-16,19-20H2,1-2H3,(H,30,31);2*1H. The molecule has 5 nitrogen and oxygen atoms in total. The van der Waals surface area contributed by atoms with E-state index in [0.29, 0.717) is 13.1 Å². The topological polar surface area (TPSA) is 52.2 Å². The van der Waals surface area contributed by atoms with Crippen LogP contribution in [0.1, 0.15) is 30.7 Å². The molecule has 0 fully saturated rings. The number of imidazole rings is 1. The van der Waals surface area contributed by atoms with E-state index in [-0.39, 0.29) is 30.7 Å². The largest absolute Gasteiger partial charge is 0.364 e.